The maximum absolute atomic E-state index is 6.07. The number of thiophene rings is 1. The summed E-state index contributed by atoms with van der Waals surface area (Å²) in [5.41, 5.74) is 6.07. The Morgan fingerprint density at radius 2 is 2.33 bits per heavy atom. The molecule has 0 bridgehead atoms. The van der Waals surface area contributed by atoms with Crippen molar-refractivity contribution in [3.8, 4) is 0 Å². The van der Waals surface area contributed by atoms with Crippen molar-refractivity contribution >= 4 is 11.3 Å². The lowest BCUT2D eigenvalue weighted by Gasteiger charge is -2.38. The molecule has 2 nitrogen and oxygen atoms in total. The van der Waals surface area contributed by atoms with Crippen molar-refractivity contribution in [2.45, 2.75) is 32.4 Å². The number of rotatable bonds is 2. The smallest absolute Gasteiger partial charge is 0.0414 e. The Hall–Kier alpha value is -0.380. The van der Waals surface area contributed by atoms with Crippen LogP contribution in [0.1, 0.15) is 31.2 Å². The van der Waals surface area contributed by atoms with Gasteiger partial charge < -0.3 is 5.73 Å². The Morgan fingerprint density at radius 1 is 1.53 bits per heavy atom. The molecule has 0 amide bonds. The van der Waals surface area contributed by atoms with Gasteiger partial charge in [-0.15, -0.1) is 11.3 Å². The molecule has 0 aromatic carbocycles. The number of nitrogens with zero attached hydrogens (tertiary/aromatic N) is 1. The van der Waals surface area contributed by atoms with Gasteiger partial charge in [0, 0.05) is 30.1 Å². The first kappa shape index (κ1) is 11.1. The fourth-order valence-corrected chi connectivity index (χ4v) is 3.28. The predicted octanol–water partition coefficient (Wildman–Crippen LogP) is 2.48. The molecule has 2 rings (SSSR count). The lowest BCUT2D eigenvalue weighted by Crippen LogP contribution is -2.46. The Balaban J connectivity index is 2.03. The minimum atomic E-state index is 0.358. The van der Waals surface area contributed by atoms with E-state index < -0.39 is 0 Å². The molecular formula is C12H20N2S. The van der Waals surface area contributed by atoms with E-state index in [0.29, 0.717) is 12.1 Å². The van der Waals surface area contributed by atoms with Crippen LogP contribution in [0.3, 0.4) is 0 Å². The molecule has 1 aromatic rings. The summed E-state index contributed by atoms with van der Waals surface area (Å²) in [5, 5.41) is 2.15. The van der Waals surface area contributed by atoms with Gasteiger partial charge in [-0.05, 0) is 30.7 Å². The second kappa shape index (κ2) is 4.64. The van der Waals surface area contributed by atoms with Gasteiger partial charge in [0.25, 0.3) is 0 Å². The molecule has 15 heavy (non-hydrogen) atoms. The molecule has 3 heteroatoms. The minimum Gasteiger partial charge on any atom is -0.327 e. The van der Waals surface area contributed by atoms with Crippen LogP contribution in [-0.2, 0) is 0 Å². The van der Waals surface area contributed by atoms with Crippen LogP contribution in [0.4, 0.5) is 0 Å². The minimum absolute atomic E-state index is 0.358. The van der Waals surface area contributed by atoms with Crippen LogP contribution in [0.2, 0.25) is 0 Å². The van der Waals surface area contributed by atoms with Gasteiger partial charge in [0.2, 0.25) is 0 Å². The lowest BCUT2D eigenvalue weighted by molar-refractivity contribution is 0.125. The van der Waals surface area contributed by atoms with Crippen molar-refractivity contribution in [1.29, 1.82) is 0 Å². The van der Waals surface area contributed by atoms with E-state index in [4.69, 9.17) is 5.73 Å². The molecule has 2 heterocycles. The van der Waals surface area contributed by atoms with Crippen molar-refractivity contribution in [2.75, 3.05) is 13.1 Å². The standard InChI is InChI=1S/C12H20N2S/c1-9-6-11(13)8-14(7-9)10(2)12-4-3-5-15-12/h3-5,9-11H,6-8,13H2,1-2H3. The molecule has 1 aliphatic heterocycles. The van der Waals surface area contributed by atoms with Crippen LogP contribution < -0.4 is 5.73 Å². The topological polar surface area (TPSA) is 29.3 Å². The summed E-state index contributed by atoms with van der Waals surface area (Å²) in [6.45, 7) is 6.82. The van der Waals surface area contributed by atoms with Gasteiger partial charge in [0.05, 0.1) is 0 Å². The maximum atomic E-state index is 6.07. The van der Waals surface area contributed by atoms with Gasteiger partial charge in [-0.2, -0.15) is 0 Å². The highest BCUT2D eigenvalue weighted by Crippen LogP contribution is 2.28. The summed E-state index contributed by atoms with van der Waals surface area (Å²) in [5.74, 6) is 0.733. The quantitative estimate of drug-likeness (QED) is 0.836. The number of likely N-dealkylation sites (tertiary alicyclic amines) is 1. The first-order valence-electron chi connectivity index (χ1n) is 5.70. The number of hydrogen-bond donors (Lipinski definition) is 1. The summed E-state index contributed by atoms with van der Waals surface area (Å²) in [4.78, 5) is 3.97. The number of hydrogen-bond acceptors (Lipinski definition) is 3. The molecule has 0 saturated carbocycles. The molecule has 2 N–H and O–H groups in total. The highest BCUT2D eigenvalue weighted by molar-refractivity contribution is 7.10. The largest absolute Gasteiger partial charge is 0.327 e. The molecule has 3 atom stereocenters. The number of nitrogens with two attached hydrogens (primary N) is 1. The second-order valence-corrected chi connectivity index (χ2v) is 5.73. The van der Waals surface area contributed by atoms with Crippen LogP contribution in [0.15, 0.2) is 17.5 Å². The first-order valence-corrected chi connectivity index (χ1v) is 6.58. The average Bonchev–Trinajstić information content (AvgIpc) is 2.67. The number of piperidine rings is 1. The fraction of sp³-hybridized carbons (Fsp3) is 0.667. The third-order valence-corrected chi connectivity index (χ3v) is 4.27. The molecule has 1 saturated heterocycles. The average molecular weight is 224 g/mol. The lowest BCUT2D eigenvalue weighted by atomic mass is 9.95. The summed E-state index contributed by atoms with van der Waals surface area (Å²) >= 11 is 1.84. The van der Waals surface area contributed by atoms with E-state index in [1.807, 2.05) is 11.3 Å². The predicted molar refractivity (Wildman–Crippen MR) is 66.1 cm³/mol. The third kappa shape index (κ3) is 2.60. The van der Waals surface area contributed by atoms with E-state index in [-0.39, 0.29) is 0 Å². The highest BCUT2D eigenvalue weighted by Gasteiger charge is 2.26. The summed E-state index contributed by atoms with van der Waals surface area (Å²) in [6.07, 6.45) is 1.17. The zero-order valence-electron chi connectivity index (χ0n) is 9.52. The van der Waals surface area contributed by atoms with Crippen molar-refractivity contribution in [3.63, 3.8) is 0 Å². The molecule has 1 fully saturated rings. The molecule has 3 unspecified atom stereocenters. The third-order valence-electron chi connectivity index (χ3n) is 3.22. The van der Waals surface area contributed by atoms with E-state index in [1.54, 1.807) is 0 Å². The van der Waals surface area contributed by atoms with E-state index in [1.165, 1.54) is 17.8 Å². The van der Waals surface area contributed by atoms with Gasteiger partial charge in [-0.3, -0.25) is 4.90 Å². The highest BCUT2D eigenvalue weighted by atomic mass is 32.1. The molecule has 84 valence electrons. The molecule has 0 aliphatic carbocycles. The molecule has 1 aliphatic rings. The molecule has 0 spiro atoms. The van der Waals surface area contributed by atoms with Crippen molar-refractivity contribution in [3.05, 3.63) is 22.4 Å². The summed E-state index contributed by atoms with van der Waals surface area (Å²) in [7, 11) is 0. The van der Waals surface area contributed by atoms with Crippen molar-refractivity contribution in [1.82, 2.24) is 4.90 Å². The van der Waals surface area contributed by atoms with Gasteiger partial charge in [-0.1, -0.05) is 13.0 Å². The summed E-state index contributed by atoms with van der Waals surface area (Å²) < 4.78 is 0. The van der Waals surface area contributed by atoms with E-state index in [9.17, 15) is 0 Å². The normalized spacial score (nSPS) is 30.3. The van der Waals surface area contributed by atoms with E-state index >= 15 is 0 Å². The zero-order valence-corrected chi connectivity index (χ0v) is 10.3. The molecule has 0 radical (unpaired) electrons. The first-order chi connectivity index (χ1) is 7.16. The fourth-order valence-electron chi connectivity index (χ4n) is 2.47. The zero-order chi connectivity index (χ0) is 10.8. The molecule has 1 aromatic heterocycles. The van der Waals surface area contributed by atoms with Crippen molar-refractivity contribution in [2.24, 2.45) is 11.7 Å². The van der Waals surface area contributed by atoms with Gasteiger partial charge in [0.1, 0.15) is 0 Å². The van der Waals surface area contributed by atoms with Gasteiger partial charge >= 0.3 is 0 Å². The van der Waals surface area contributed by atoms with Crippen LogP contribution in [-0.4, -0.2) is 24.0 Å². The van der Waals surface area contributed by atoms with Crippen molar-refractivity contribution < 1.29 is 0 Å². The Morgan fingerprint density at radius 3 is 2.93 bits per heavy atom. The maximum Gasteiger partial charge on any atom is 0.0414 e. The molecular weight excluding hydrogens is 204 g/mol. The SMILES string of the molecule is CC1CC(N)CN(C(C)c2cccs2)C1. The summed E-state index contributed by atoms with van der Waals surface area (Å²) in [6, 6.07) is 5.24. The van der Waals surface area contributed by atoms with Gasteiger partial charge in [-0.25, -0.2) is 0 Å². The monoisotopic (exact) mass is 224 g/mol. The van der Waals surface area contributed by atoms with Crippen LogP contribution in [0.25, 0.3) is 0 Å². The Kier molecular flexibility index (Phi) is 3.44. The van der Waals surface area contributed by atoms with Crippen LogP contribution in [0, 0.1) is 5.92 Å². The van der Waals surface area contributed by atoms with Gasteiger partial charge in [0.15, 0.2) is 0 Å². The van der Waals surface area contributed by atoms with E-state index in [0.717, 1.165) is 12.5 Å². The van der Waals surface area contributed by atoms with Crippen LogP contribution >= 0.6 is 11.3 Å². The second-order valence-electron chi connectivity index (χ2n) is 4.75. The Labute approximate surface area is 96.1 Å². The van der Waals surface area contributed by atoms with E-state index in [2.05, 4.69) is 36.3 Å². The Bertz CT molecular complexity index is 287. The van der Waals surface area contributed by atoms with Crippen LogP contribution in [0.5, 0.6) is 0 Å².